The molecule has 140 valence electrons. The Morgan fingerprint density at radius 1 is 0.913 bits per heavy atom. The molecule has 0 heterocycles. The average molecular weight is 437 g/mol. The van der Waals surface area contributed by atoms with Crippen molar-refractivity contribution in [3.8, 4) is 0 Å². The molecule has 23 heavy (non-hydrogen) atoms. The maximum atomic E-state index is 12.5. The number of phosphoric ester groups is 1. The van der Waals surface area contributed by atoms with Gasteiger partial charge in [-0.3, -0.25) is 18.2 Å². The van der Waals surface area contributed by atoms with E-state index in [9.17, 15) is 18.6 Å². The van der Waals surface area contributed by atoms with E-state index in [1.807, 2.05) is 0 Å². The summed E-state index contributed by atoms with van der Waals surface area (Å²) < 4.78 is 57.6. The molecule has 9 nitrogen and oxygen atoms in total. The van der Waals surface area contributed by atoms with E-state index in [0.717, 1.165) is 14.2 Å². The molecule has 0 spiro atoms. The molecule has 0 rings (SSSR count). The van der Waals surface area contributed by atoms with Crippen LogP contribution in [0.15, 0.2) is 0 Å². The summed E-state index contributed by atoms with van der Waals surface area (Å²) in [4.78, 5) is 10.0. The number of halogens is 2. The van der Waals surface area contributed by atoms with E-state index >= 15 is 0 Å². The van der Waals surface area contributed by atoms with Crippen molar-refractivity contribution >= 4 is 46.2 Å². The minimum atomic E-state index is -5.28. The Bertz CT molecular complexity index is 514. The first kappa shape index (κ1) is 24.0. The largest absolute Gasteiger partial charge is 0.482 e. The van der Waals surface area contributed by atoms with Crippen molar-refractivity contribution in [2.24, 2.45) is 0 Å². The van der Waals surface area contributed by atoms with E-state index in [1.54, 1.807) is 0 Å². The molecule has 0 saturated heterocycles. The van der Waals surface area contributed by atoms with Crippen LogP contribution in [0, 0.1) is 0 Å². The zero-order chi connectivity index (χ0) is 18.7. The molecule has 0 bridgehead atoms. The summed E-state index contributed by atoms with van der Waals surface area (Å²) in [5, 5.41) is 0. The van der Waals surface area contributed by atoms with Gasteiger partial charge in [-0.2, -0.15) is 0 Å². The summed E-state index contributed by atoms with van der Waals surface area (Å²) >= 11 is 11.4. The van der Waals surface area contributed by atoms with Gasteiger partial charge in [0.25, 0.3) is 0 Å². The molecule has 1 N–H and O–H groups in total. The van der Waals surface area contributed by atoms with Gasteiger partial charge in [-0.25, -0.2) is 8.88 Å². The number of hydrogen-bond acceptors (Lipinski definition) is 8. The molecule has 1 atom stereocenters. The van der Waals surface area contributed by atoms with Gasteiger partial charge in [-0.1, -0.05) is 23.2 Å². The third kappa shape index (κ3) is 6.05. The van der Waals surface area contributed by atoms with E-state index < -0.39 is 39.0 Å². The second-order valence-corrected chi connectivity index (χ2v) is 13.5. The van der Waals surface area contributed by atoms with Gasteiger partial charge in [-0.15, -0.1) is 0 Å². The highest BCUT2D eigenvalue weighted by atomic mass is 35.5. The monoisotopic (exact) mass is 436 g/mol. The molecular formula is C9H21Cl2O9P3. The van der Waals surface area contributed by atoms with Crippen LogP contribution < -0.4 is 0 Å². The van der Waals surface area contributed by atoms with Crippen molar-refractivity contribution in [3.05, 3.63) is 0 Å². The predicted octanol–water partition coefficient (Wildman–Crippen LogP) is 4.72. The molecule has 0 aliphatic rings. The van der Waals surface area contributed by atoms with E-state index in [2.05, 4.69) is 13.4 Å². The summed E-state index contributed by atoms with van der Waals surface area (Å²) in [7, 11) is -12.5. The molecule has 14 heteroatoms. The van der Waals surface area contributed by atoms with Gasteiger partial charge < -0.3 is 13.9 Å². The lowest BCUT2D eigenvalue weighted by atomic mass is 10.5. The molecule has 0 aromatic heterocycles. The Hall–Kier alpha value is 1.03. The zero-order valence-electron chi connectivity index (χ0n) is 13.5. The summed E-state index contributed by atoms with van der Waals surface area (Å²) in [5.74, 6) is 0. The minimum Gasteiger partial charge on any atom is -0.321 e. The minimum absolute atomic E-state index is 0.684. The Morgan fingerprint density at radius 3 is 1.52 bits per heavy atom. The molecule has 0 aromatic rings. The second kappa shape index (κ2) is 8.61. The van der Waals surface area contributed by atoms with Crippen LogP contribution in [0.1, 0.15) is 27.7 Å². The normalized spacial score (nSPS) is 16.8. The Kier molecular flexibility index (Phi) is 9.00. The summed E-state index contributed by atoms with van der Waals surface area (Å²) in [6.45, 7) is 5.97. The van der Waals surface area contributed by atoms with Crippen LogP contribution in [0.5, 0.6) is 0 Å². The molecule has 0 amide bonds. The van der Waals surface area contributed by atoms with E-state index in [-0.39, 0.29) is 0 Å². The number of rotatable bonds is 10. The fraction of sp³-hybridized carbons (Fsp3) is 1.00. The van der Waals surface area contributed by atoms with Gasteiger partial charge in [-0.05, 0) is 27.7 Å². The third-order valence-corrected chi connectivity index (χ3v) is 11.4. The molecular weight excluding hydrogens is 416 g/mol. The molecule has 0 aliphatic carbocycles. The molecule has 1 unspecified atom stereocenters. The zero-order valence-corrected chi connectivity index (χ0v) is 17.7. The van der Waals surface area contributed by atoms with Crippen molar-refractivity contribution in [1.82, 2.24) is 0 Å². The van der Waals surface area contributed by atoms with Crippen molar-refractivity contribution in [1.29, 1.82) is 0 Å². The first-order valence-corrected chi connectivity index (χ1v) is 11.6. The molecule has 0 fully saturated rings. The lowest BCUT2D eigenvalue weighted by molar-refractivity contribution is 0.100. The van der Waals surface area contributed by atoms with Crippen molar-refractivity contribution in [2.45, 2.75) is 43.7 Å². The summed E-state index contributed by atoms with van der Waals surface area (Å²) in [6.07, 6.45) is -1.37. The highest BCUT2D eigenvalue weighted by Crippen LogP contribution is 2.83. The first-order valence-electron chi connectivity index (χ1n) is 6.27. The number of alkyl halides is 2. The van der Waals surface area contributed by atoms with E-state index in [4.69, 9.17) is 32.2 Å². The maximum absolute atomic E-state index is 12.5. The van der Waals surface area contributed by atoms with Crippen LogP contribution in [-0.2, 0) is 36.1 Å². The van der Waals surface area contributed by atoms with Crippen LogP contribution >= 0.6 is 46.2 Å². The topological polar surface area (TPSA) is 118 Å². The van der Waals surface area contributed by atoms with Gasteiger partial charge in [0.1, 0.15) is 0 Å². The third-order valence-electron chi connectivity index (χ3n) is 2.04. The van der Waals surface area contributed by atoms with Gasteiger partial charge >= 0.3 is 26.8 Å². The summed E-state index contributed by atoms with van der Waals surface area (Å²) in [5.41, 5.74) is 0. The first-order chi connectivity index (χ1) is 10.2. The van der Waals surface area contributed by atoms with Gasteiger partial charge in [0.15, 0.2) is 0 Å². The summed E-state index contributed by atoms with van der Waals surface area (Å²) in [6, 6.07) is 0. The smallest absolute Gasteiger partial charge is 0.321 e. The van der Waals surface area contributed by atoms with Crippen LogP contribution in [0.4, 0.5) is 0 Å². The Balaban J connectivity index is 5.77. The van der Waals surface area contributed by atoms with Crippen molar-refractivity contribution in [2.75, 3.05) is 14.2 Å². The predicted molar refractivity (Wildman–Crippen MR) is 87.0 cm³/mol. The molecule has 0 radical (unpaired) electrons. The highest BCUT2D eigenvalue weighted by molar-refractivity contribution is 7.82. The standard InChI is InChI=1S/C9H21Cl2O9P3/c1-7(2)18-23(15,19-8(3)4)20-21(12,13)9(10,11)22(14,16-5)17-6/h7-8H,1-6H3,(H,12,13). The Morgan fingerprint density at radius 2 is 1.26 bits per heavy atom. The number of hydrogen-bond donors (Lipinski definition) is 1. The lowest BCUT2D eigenvalue weighted by Gasteiger charge is -2.31. The van der Waals surface area contributed by atoms with Gasteiger partial charge in [0, 0.05) is 14.2 Å². The molecule has 0 aliphatic heterocycles. The number of phosphoric acid groups is 1. The van der Waals surface area contributed by atoms with Crippen LogP contribution in [0.2, 0.25) is 0 Å². The average Bonchev–Trinajstić information content (AvgIpc) is 2.33. The van der Waals surface area contributed by atoms with Gasteiger partial charge in [0.2, 0.25) is 0 Å². The van der Waals surface area contributed by atoms with Crippen molar-refractivity contribution in [3.63, 3.8) is 0 Å². The molecule has 0 saturated carbocycles. The highest BCUT2D eigenvalue weighted by Gasteiger charge is 2.65. The molecule has 0 aromatic carbocycles. The van der Waals surface area contributed by atoms with Gasteiger partial charge in [0.05, 0.1) is 12.2 Å². The van der Waals surface area contributed by atoms with Crippen LogP contribution in [0.25, 0.3) is 0 Å². The van der Waals surface area contributed by atoms with Crippen LogP contribution in [0.3, 0.4) is 0 Å². The fourth-order valence-corrected chi connectivity index (χ4v) is 8.11. The van der Waals surface area contributed by atoms with Crippen LogP contribution in [-0.4, -0.2) is 35.1 Å². The van der Waals surface area contributed by atoms with Crippen molar-refractivity contribution < 1.29 is 41.0 Å². The lowest BCUT2D eigenvalue weighted by Crippen LogP contribution is -2.19. The van der Waals surface area contributed by atoms with E-state index in [1.165, 1.54) is 27.7 Å². The SMILES string of the molecule is COP(=O)(OC)C(Cl)(Cl)P(=O)(O)OP(=O)(OC(C)C)OC(C)C. The fourth-order valence-electron chi connectivity index (χ4n) is 1.21. The Labute approximate surface area is 145 Å². The maximum Gasteiger partial charge on any atom is 0.482 e. The van der Waals surface area contributed by atoms with E-state index in [0.29, 0.717) is 0 Å². The second-order valence-electron chi connectivity index (χ2n) is 4.73. The quantitative estimate of drug-likeness (QED) is 0.383.